The summed E-state index contributed by atoms with van der Waals surface area (Å²) in [6, 6.07) is 29.8. The highest BCUT2D eigenvalue weighted by atomic mass is 32.2. The Labute approximate surface area is 221 Å². The summed E-state index contributed by atoms with van der Waals surface area (Å²) in [5, 5.41) is 5.63. The molecule has 188 valence electrons. The van der Waals surface area contributed by atoms with E-state index in [2.05, 4.69) is 15.4 Å². The van der Waals surface area contributed by atoms with Gasteiger partial charge in [0, 0.05) is 16.9 Å². The van der Waals surface area contributed by atoms with Crippen LogP contribution in [0, 0.1) is 0 Å². The Balaban J connectivity index is 1.33. The smallest absolute Gasteiger partial charge is 0.261 e. The lowest BCUT2D eigenvalue weighted by molar-refractivity contribution is 0.0977. The van der Waals surface area contributed by atoms with Gasteiger partial charge in [0.15, 0.2) is 5.11 Å². The molecule has 3 N–H and O–H groups in total. The van der Waals surface area contributed by atoms with Crippen LogP contribution in [-0.2, 0) is 10.0 Å². The number of carbonyl (C=O) groups is 1. The van der Waals surface area contributed by atoms with Crippen LogP contribution in [0.25, 0.3) is 11.1 Å². The predicted molar refractivity (Wildman–Crippen MR) is 150 cm³/mol. The van der Waals surface area contributed by atoms with Crippen molar-refractivity contribution in [3.05, 3.63) is 109 Å². The van der Waals surface area contributed by atoms with Crippen LogP contribution in [0.4, 0.5) is 11.4 Å². The Hall–Kier alpha value is -4.21. The van der Waals surface area contributed by atoms with Crippen molar-refractivity contribution in [3.8, 4) is 16.9 Å². The first kappa shape index (κ1) is 25.9. The quantitative estimate of drug-likeness (QED) is 0.253. The van der Waals surface area contributed by atoms with Crippen molar-refractivity contribution >= 4 is 44.6 Å². The SMILES string of the molecule is CCOc1ccc(NS(=O)(=O)c2ccc(NC(=S)NC(=O)c3ccc(-c4ccccc4)cc3)cc2)cc1. The Bertz CT molecular complexity index is 1470. The van der Waals surface area contributed by atoms with Gasteiger partial charge in [-0.2, -0.15) is 0 Å². The number of amides is 1. The molecule has 0 spiro atoms. The lowest BCUT2D eigenvalue weighted by atomic mass is 10.0. The highest BCUT2D eigenvalue weighted by Gasteiger charge is 2.15. The fourth-order valence-corrected chi connectivity index (χ4v) is 4.77. The summed E-state index contributed by atoms with van der Waals surface area (Å²) < 4.78 is 33.3. The number of hydrogen-bond acceptors (Lipinski definition) is 5. The van der Waals surface area contributed by atoms with Gasteiger partial charge in [-0.3, -0.25) is 14.8 Å². The van der Waals surface area contributed by atoms with Gasteiger partial charge in [0.2, 0.25) is 0 Å². The second-order valence-corrected chi connectivity index (χ2v) is 10.0. The third kappa shape index (κ3) is 6.93. The zero-order chi connectivity index (χ0) is 26.3. The van der Waals surface area contributed by atoms with Crippen LogP contribution in [0.1, 0.15) is 17.3 Å². The largest absolute Gasteiger partial charge is 0.494 e. The number of thiocarbonyl (C=S) groups is 1. The molecule has 0 saturated heterocycles. The number of anilines is 2. The molecule has 7 nitrogen and oxygen atoms in total. The first-order valence-corrected chi connectivity index (χ1v) is 13.4. The van der Waals surface area contributed by atoms with Crippen molar-refractivity contribution < 1.29 is 17.9 Å². The van der Waals surface area contributed by atoms with Crippen LogP contribution >= 0.6 is 12.2 Å². The molecule has 4 rings (SSSR count). The van der Waals surface area contributed by atoms with Crippen molar-refractivity contribution in [1.82, 2.24) is 5.32 Å². The molecule has 4 aromatic carbocycles. The molecule has 0 aliphatic rings. The van der Waals surface area contributed by atoms with Crippen LogP contribution in [-0.4, -0.2) is 26.0 Å². The first-order chi connectivity index (χ1) is 17.8. The molecular weight excluding hydrogens is 506 g/mol. The molecule has 0 radical (unpaired) electrons. The van der Waals surface area contributed by atoms with Crippen molar-refractivity contribution in [2.24, 2.45) is 0 Å². The van der Waals surface area contributed by atoms with Gasteiger partial charge in [-0.15, -0.1) is 0 Å². The Morgan fingerprint density at radius 3 is 2.00 bits per heavy atom. The van der Waals surface area contributed by atoms with E-state index < -0.39 is 10.0 Å². The van der Waals surface area contributed by atoms with Crippen molar-refractivity contribution in [2.75, 3.05) is 16.6 Å². The second-order valence-electron chi connectivity index (χ2n) is 7.94. The molecule has 9 heteroatoms. The van der Waals surface area contributed by atoms with Crippen LogP contribution in [0.15, 0.2) is 108 Å². The van der Waals surface area contributed by atoms with Gasteiger partial charge in [0.25, 0.3) is 15.9 Å². The zero-order valence-corrected chi connectivity index (χ0v) is 21.6. The monoisotopic (exact) mass is 531 g/mol. The first-order valence-electron chi connectivity index (χ1n) is 11.5. The van der Waals surface area contributed by atoms with E-state index in [0.717, 1.165) is 11.1 Å². The number of sulfonamides is 1. The molecule has 37 heavy (non-hydrogen) atoms. The highest BCUT2D eigenvalue weighted by molar-refractivity contribution is 7.92. The van der Waals surface area contributed by atoms with Crippen LogP contribution < -0.4 is 20.1 Å². The average Bonchev–Trinajstić information content (AvgIpc) is 2.90. The standard InChI is InChI=1S/C28H25N3O4S2/c1-2-35-25-16-12-24(13-17-25)31-37(33,34)26-18-14-23(15-19-26)29-28(36)30-27(32)22-10-8-21(9-11-22)20-6-4-3-5-7-20/h3-19,31H,2H2,1H3,(H2,29,30,32,36). The topological polar surface area (TPSA) is 96.5 Å². The minimum absolute atomic E-state index is 0.0837. The Kier molecular flexibility index (Phi) is 8.17. The molecule has 0 bridgehead atoms. The number of rotatable bonds is 8. The lowest BCUT2D eigenvalue weighted by Gasteiger charge is -2.12. The summed E-state index contributed by atoms with van der Waals surface area (Å²) in [6.45, 7) is 2.40. The molecule has 1 amide bonds. The summed E-state index contributed by atoms with van der Waals surface area (Å²) in [4.78, 5) is 12.7. The van der Waals surface area contributed by atoms with E-state index in [9.17, 15) is 13.2 Å². The van der Waals surface area contributed by atoms with E-state index in [0.29, 0.717) is 29.3 Å². The molecular formula is C28H25N3O4S2. The van der Waals surface area contributed by atoms with Crippen LogP contribution in [0.5, 0.6) is 5.75 Å². The van der Waals surface area contributed by atoms with E-state index in [-0.39, 0.29) is 15.9 Å². The molecule has 0 aliphatic carbocycles. The summed E-state index contributed by atoms with van der Waals surface area (Å²) in [5.74, 6) is 0.309. The van der Waals surface area contributed by atoms with Gasteiger partial charge in [-0.25, -0.2) is 8.42 Å². The molecule has 4 aromatic rings. The average molecular weight is 532 g/mol. The molecule has 0 unspecified atom stereocenters. The lowest BCUT2D eigenvalue weighted by Crippen LogP contribution is -2.34. The minimum atomic E-state index is -3.78. The van der Waals surface area contributed by atoms with Gasteiger partial charge in [0.1, 0.15) is 5.75 Å². The van der Waals surface area contributed by atoms with E-state index in [1.165, 1.54) is 12.1 Å². The third-order valence-electron chi connectivity index (χ3n) is 5.32. The second kappa shape index (κ2) is 11.7. The molecule has 0 saturated carbocycles. The van der Waals surface area contributed by atoms with E-state index >= 15 is 0 Å². The number of hydrogen-bond donors (Lipinski definition) is 3. The molecule has 0 atom stereocenters. The number of carbonyl (C=O) groups excluding carboxylic acids is 1. The number of benzene rings is 4. The number of nitrogens with one attached hydrogen (secondary N) is 3. The summed E-state index contributed by atoms with van der Waals surface area (Å²) in [7, 11) is -3.78. The summed E-state index contributed by atoms with van der Waals surface area (Å²) >= 11 is 5.25. The maximum Gasteiger partial charge on any atom is 0.261 e. The maximum atomic E-state index is 12.7. The molecule has 0 aromatic heterocycles. The Morgan fingerprint density at radius 2 is 1.38 bits per heavy atom. The van der Waals surface area contributed by atoms with Gasteiger partial charge < -0.3 is 10.1 Å². The third-order valence-corrected chi connectivity index (χ3v) is 6.92. The summed E-state index contributed by atoms with van der Waals surface area (Å²) in [6.07, 6.45) is 0. The van der Waals surface area contributed by atoms with E-state index in [1.54, 1.807) is 48.5 Å². The number of ether oxygens (including phenoxy) is 1. The Morgan fingerprint density at radius 1 is 0.784 bits per heavy atom. The highest BCUT2D eigenvalue weighted by Crippen LogP contribution is 2.21. The predicted octanol–water partition coefficient (Wildman–Crippen LogP) is 5.68. The fraction of sp³-hybridized carbons (Fsp3) is 0.0714. The minimum Gasteiger partial charge on any atom is -0.494 e. The van der Waals surface area contributed by atoms with Crippen LogP contribution in [0.2, 0.25) is 0 Å². The van der Waals surface area contributed by atoms with Crippen molar-refractivity contribution in [1.29, 1.82) is 0 Å². The van der Waals surface area contributed by atoms with Gasteiger partial charge >= 0.3 is 0 Å². The van der Waals surface area contributed by atoms with Crippen LogP contribution in [0.3, 0.4) is 0 Å². The van der Waals surface area contributed by atoms with E-state index in [1.807, 2.05) is 49.4 Å². The molecule has 0 fully saturated rings. The fourth-order valence-electron chi connectivity index (χ4n) is 3.50. The zero-order valence-electron chi connectivity index (χ0n) is 20.0. The van der Waals surface area contributed by atoms with Gasteiger partial charge in [-0.05, 0) is 90.9 Å². The van der Waals surface area contributed by atoms with Gasteiger partial charge in [-0.1, -0.05) is 42.5 Å². The van der Waals surface area contributed by atoms with Crippen molar-refractivity contribution in [2.45, 2.75) is 11.8 Å². The van der Waals surface area contributed by atoms with E-state index in [4.69, 9.17) is 17.0 Å². The molecule has 0 aliphatic heterocycles. The maximum absolute atomic E-state index is 12.7. The van der Waals surface area contributed by atoms with Gasteiger partial charge in [0.05, 0.1) is 11.5 Å². The normalized spacial score (nSPS) is 10.8. The van der Waals surface area contributed by atoms with Crippen molar-refractivity contribution in [3.63, 3.8) is 0 Å². The summed E-state index contributed by atoms with van der Waals surface area (Å²) in [5.41, 5.74) is 3.48. The molecule has 0 heterocycles.